The summed E-state index contributed by atoms with van der Waals surface area (Å²) >= 11 is 0. The molecule has 30 heavy (non-hydrogen) atoms. The van der Waals surface area contributed by atoms with Crippen LogP contribution in [0.4, 0.5) is 5.69 Å². The highest BCUT2D eigenvalue weighted by Crippen LogP contribution is 2.12. The molecule has 0 amide bonds. The number of likely N-dealkylation sites (N-methyl/N-ethyl adjacent to an activating group) is 1. The molecule has 1 aromatic rings. The van der Waals surface area contributed by atoms with Gasteiger partial charge in [-0.2, -0.15) is 0 Å². The zero-order chi connectivity index (χ0) is 21.6. The van der Waals surface area contributed by atoms with Crippen LogP contribution in [0, 0.1) is 5.92 Å². The molecular formula is C24H44N6. The van der Waals surface area contributed by atoms with Gasteiger partial charge in [-0.1, -0.05) is 32.0 Å². The van der Waals surface area contributed by atoms with Crippen LogP contribution in [0.15, 0.2) is 35.3 Å². The van der Waals surface area contributed by atoms with Crippen LogP contribution in [-0.2, 0) is 0 Å². The Morgan fingerprint density at radius 3 is 2.37 bits per heavy atom. The van der Waals surface area contributed by atoms with Crippen molar-refractivity contribution in [3.63, 3.8) is 0 Å². The minimum atomic E-state index is 0.572. The van der Waals surface area contributed by atoms with Crippen molar-refractivity contribution in [1.29, 1.82) is 0 Å². The second-order valence-electron chi connectivity index (χ2n) is 8.26. The molecule has 2 N–H and O–H groups in total. The van der Waals surface area contributed by atoms with Gasteiger partial charge in [-0.3, -0.25) is 4.99 Å². The van der Waals surface area contributed by atoms with Gasteiger partial charge in [-0.25, -0.2) is 0 Å². The summed E-state index contributed by atoms with van der Waals surface area (Å²) in [6.07, 6.45) is 1.09. The molecule has 1 fully saturated rings. The maximum Gasteiger partial charge on any atom is 0.191 e. The van der Waals surface area contributed by atoms with Gasteiger partial charge in [0.1, 0.15) is 0 Å². The first-order chi connectivity index (χ1) is 14.7. The molecule has 0 radical (unpaired) electrons. The number of hydrogen-bond donors (Lipinski definition) is 2. The number of guanidine groups is 1. The summed E-state index contributed by atoms with van der Waals surface area (Å²) in [5.41, 5.74) is 1.30. The molecule has 170 valence electrons. The van der Waals surface area contributed by atoms with Crippen LogP contribution < -0.4 is 15.5 Å². The molecular weight excluding hydrogens is 372 g/mol. The standard InChI is InChI=1S/C24H44N6/c1-5-25-24(26-14-11-15-30(7-3)23-12-9-8-10-13-23)27-20-22(4)21-29-18-16-28(6-2)17-19-29/h8-10,12-13,22H,5-7,11,14-21H2,1-4H3,(H2,25,26,27). The van der Waals surface area contributed by atoms with Crippen LogP contribution in [0.5, 0.6) is 0 Å². The summed E-state index contributed by atoms with van der Waals surface area (Å²) in [5, 5.41) is 6.91. The van der Waals surface area contributed by atoms with Crippen molar-refractivity contribution in [3.8, 4) is 0 Å². The first-order valence-corrected chi connectivity index (χ1v) is 11.9. The first-order valence-electron chi connectivity index (χ1n) is 11.9. The van der Waals surface area contributed by atoms with Crippen LogP contribution in [0.3, 0.4) is 0 Å². The molecule has 6 heteroatoms. The third kappa shape index (κ3) is 8.92. The Bertz CT molecular complexity index is 583. The molecule has 1 aromatic carbocycles. The van der Waals surface area contributed by atoms with E-state index in [0.717, 1.165) is 51.6 Å². The largest absolute Gasteiger partial charge is 0.372 e. The van der Waals surface area contributed by atoms with Gasteiger partial charge in [0, 0.05) is 71.1 Å². The molecule has 2 rings (SSSR count). The molecule has 1 unspecified atom stereocenters. The Kier molecular flexibility index (Phi) is 11.6. The summed E-state index contributed by atoms with van der Waals surface area (Å²) in [7, 11) is 0. The quantitative estimate of drug-likeness (QED) is 0.312. The van der Waals surface area contributed by atoms with Crippen molar-refractivity contribution in [1.82, 2.24) is 20.4 Å². The second kappa shape index (κ2) is 14.3. The number of hydrogen-bond acceptors (Lipinski definition) is 4. The van der Waals surface area contributed by atoms with Crippen LogP contribution in [-0.4, -0.2) is 87.8 Å². The average Bonchev–Trinajstić information content (AvgIpc) is 2.78. The Morgan fingerprint density at radius 2 is 1.73 bits per heavy atom. The minimum Gasteiger partial charge on any atom is -0.372 e. The lowest BCUT2D eigenvalue weighted by molar-refractivity contribution is 0.125. The number of piperazine rings is 1. The minimum absolute atomic E-state index is 0.572. The lowest BCUT2D eigenvalue weighted by atomic mass is 10.1. The van der Waals surface area contributed by atoms with Gasteiger partial charge in [0.15, 0.2) is 5.96 Å². The Labute approximate surface area is 184 Å². The van der Waals surface area contributed by atoms with E-state index < -0.39 is 0 Å². The van der Waals surface area contributed by atoms with E-state index in [-0.39, 0.29) is 0 Å². The molecule has 1 aliphatic heterocycles. The number of aliphatic imine (C=N–C) groups is 1. The van der Waals surface area contributed by atoms with Gasteiger partial charge in [0.2, 0.25) is 0 Å². The van der Waals surface area contributed by atoms with Crippen molar-refractivity contribution in [3.05, 3.63) is 30.3 Å². The highest BCUT2D eigenvalue weighted by atomic mass is 15.3. The highest BCUT2D eigenvalue weighted by Gasteiger charge is 2.17. The van der Waals surface area contributed by atoms with Crippen molar-refractivity contribution in [2.75, 3.05) is 76.9 Å². The van der Waals surface area contributed by atoms with Crippen LogP contribution in [0.25, 0.3) is 0 Å². The predicted molar refractivity (Wildman–Crippen MR) is 131 cm³/mol. The van der Waals surface area contributed by atoms with E-state index in [4.69, 9.17) is 4.99 Å². The van der Waals surface area contributed by atoms with Gasteiger partial charge in [0.05, 0.1) is 0 Å². The Balaban J connectivity index is 1.70. The summed E-state index contributed by atoms with van der Waals surface area (Å²) in [6.45, 7) is 20.8. The number of anilines is 1. The zero-order valence-corrected chi connectivity index (χ0v) is 19.7. The predicted octanol–water partition coefficient (Wildman–Crippen LogP) is 2.73. The van der Waals surface area contributed by atoms with E-state index in [1.165, 1.54) is 38.4 Å². The topological polar surface area (TPSA) is 46.1 Å². The molecule has 6 nitrogen and oxygen atoms in total. The fourth-order valence-electron chi connectivity index (χ4n) is 3.96. The van der Waals surface area contributed by atoms with Crippen molar-refractivity contribution >= 4 is 11.6 Å². The van der Waals surface area contributed by atoms with E-state index in [2.05, 4.69) is 83.4 Å². The molecule has 1 aliphatic rings. The smallest absolute Gasteiger partial charge is 0.191 e. The van der Waals surface area contributed by atoms with Crippen molar-refractivity contribution in [2.24, 2.45) is 10.9 Å². The van der Waals surface area contributed by atoms with Crippen LogP contribution in [0.2, 0.25) is 0 Å². The van der Waals surface area contributed by atoms with E-state index >= 15 is 0 Å². The van der Waals surface area contributed by atoms with E-state index in [0.29, 0.717) is 5.92 Å². The number of nitrogens with zero attached hydrogens (tertiary/aromatic N) is 4. The monoisotopic (exact) mass is 416 g/mol. The van der Waals surface area contributed by atoms with Gasteiger partial charge >= 0.3 is 0 Å². The number of para-hydroxylation sites is 1. The molecule has 1 heterocycles. The molecule has 0 aliphatic carbocycles. The summed E-state index contributed by atoms with van der Waals surface area (Å²) < 4.78 is 0. The van der Waals surface area contributed by atoms with Gasteiger partial charge in [0.25, 0.3) is 0 Å². The molecule has 0 bridgehead atoms. The highest BCUT2D eigenvalue weighted by molar-refractivity contribution is 5.79. The third-order valence-electron chi connectivity index (χ3n) is 5.79. The fraction of sp³-hybridized carbons (Fsp3) is 0.708. The number of nitrogens with one attached hydrogen (secondary N) is 2. The second-order valence-corrected chi connectivity index (χ2v) is 8.26. The SMILES string of the molecule is CCNC(=NCC(C)CN1CCN(CC)CC1)NCCCN(CC)c1ccccc1. The van der Waals surface area contributed by atoms with Gasteiger partial charge < -0.3 is 25.3 Å². The van der Waals surface area contributed by atoms with Gasteiger partial charge in [-0.05, 0) is 44.9 Å². The summed E-state index contributed by atoms with van der Waals surface area (Å²) in [5.74, 6) is 1.52. The maximum absolute atomic E-state index is 4.85. The maximum atomic E-state index is 4.85. The van der Waals surface area contributed by atoms with E-state index in [1.807, 2.05) is 0 Å². The number of benzene rings is 1. The van der Waals surface area contributed by atoms with Crippen LogP contribution in [0.1, 0.15) is 34.1 Å². The lowest BCUT2D eigenvalue weighted by Gasteiger charge is -2.35. The summed E-state index contributed by atoms with van der Waals surface area (Å²) in [6, 6.07) is 10.7. The van der Waals surface area contributed by atoms with E-state index in [9.17, 15) is 0 Å². The normalized spacial score (nSPS) is 17.0. The Morgan fingerprint density at radius 1 is 1.03 bits per heavy atom. The van der Waals surface area contributed by atoms with Crippen molar-refractivity contribution < 1.29 is 0 Å². The molecule has 0 spiro atoms. The third-order valence-corrected chi connectivity index (χ3v) is 5.79. The zero-order valence-electron chi connectivity index (χ0n) is 19.7. The lowest BCUT2D eigenvalue weighted by Crippen LogP contribution is -2.47. The van der Waals surface area contributed by atoms with E-state index in [1.54, 1.807) is 0 Å². The average molecular weight is 417 g/mol. The van der Waals surface area contributed by atoms with Gasteiger partial charge in [-0.15, -0.1) is 0 Å². The summed E-state index contributed by atoms with van der Waals surface area (Å²) in [4.78, 5) is 12.4. The molecule has 0 saturated carbocycles. The Hall–Kier alpha value is -1.79. The number of rotatable bonds is 12. The van der Waals surface area contributed by atoms with Crippen LogP contribution >= 0.6 is 0 Å². The first kappa shape index (κ1) is 24.5. The van der Waals surface area contributed by atoms with Crippen molar-refractivity contribution in [2.45, 2.75) is 34.1 Å². The fourth-order valence-corrected chi connectivity index (χ4v) is 3.96. The molecule has 1 atom stereocenters. The molecule has 1 saturated heterocycles. The molecule has 0 aromatic heterocycles.